The van der Waals surface area contributed by atoms with Crippen molar-refractivity contribution in [3.63, 3.8) is 0 Å². The average Bonchev–Trinajstić information content (AvgIpc) is 2.77. The van der Waals surface area contributed by atoms with Crippen molar-refractivity contribution in [1.82, 2.24) is 15.6 Å². The summed E-state index contributed by atoms with van der Waals surface area (Å²) in [5.41, 5.74) is 1.49. The molecule has 0 aliphatic carbocycles. The Hall–Kier alpha value is -0.800. The van der Waals surface area contributed by atoms with Crippen molar-refractivity contribution < 1.29 is 0 Å². The minimum absolute atomic E-state index is 0.187. The van der Waals surface area contributed by atoms with Crippen molar-refractivity contribution in [1.29, 1.82) is 0 Å². The highest BCUT2D eigenvalue weighted by atomic mass is 14.9. The van der Waals surface area contributed by atoms with E-state index in [2.05, 4.69) is 41.6 Å². The van der Waals surface area contributed by atoms with E-state index in [1.807, 2.05) is 13.2 Å². The summed E-state index contributed by atoms with van der Waals surface area (Å²) < 4.78 is 0. The molecule has 0 atom stereocenters. The molecular weight excluding hydrogens is 198 g/mol. The molecule has 0 fully saturated rings. The lowest BCUT2D eigenvalue weighted by Crippen LogP contribution is -2.33. The summed E-state index contributed by atoms with van der Waals surface area (Å²) in [5, 5.41) is 6.69. The van der Waals surface area contributed by atoms with Crippen LogP contribution in [0.25, 0.3) is 0 Å². The lowest BCUT2D eigenvalue weighted by atomic mass is 9.89. The lowest BCUT2D eigenvalue weighted by molar-refractivity contribution is 0.453. The molecule has 0 amide bonds. The molecule has 1 heterocycles. The Morgan fingerprint density at radius 3 is 2.62 bits per heavy atom. The smallest absolute Gasteiger partial charge is 0.0217 e. The largest absolute Gasteiger partial charge is 0.365 e. The fourth-order valence-electron chi connectivity index (χ4n) is 1.80. The van der Waals surface area contributed by atoms with Crippen molar-refractivity contribution in [2.24, 2.45) is 0 Å². The Labute approximate surface area is 99.0 Å². The summed E-state index contributed by atoms with van der Waals surface area (Å²) in [7, 11) is 2.00. The van der Waals surface area contributed by atoms with Crippen molar-refractivity contribution in [3.05, 3.63) is 24.0 Å². The first-order valence-electron chi connectivity index (χ1n) is 6.16. The van der Waals surface area contributed by atoms with E-state index in [9.17, 15) is 0 Å². The number of nitrogens with one attached hydrogen (secondary N) is 3. The average molecular weight is 223 g/mol. The number of aromatic nitrogens is 1. The van der Waals surface area contributed by atoms with Crippen LogP contribution in [0.1, 0.15) is 32.4 Å². The highest BCUT2D eigenvalue weighted by molar-refractivity contribution is 5.15. The van der Waals surface area contributed by atoms with E-state index in [0.717, 1.165) is 19.6 Å². The predicted molar refractivity (Wildman–Crippen MR) is 69.8 cm³/mol. The van der Waals surface area contributed by atoms with Crippen LogP contribution in [0.2, 0.25) is 0 Å². The number of aromatic amines is 1. The second-order valence-electron chi connectivity index (χ2n) is 4.96. The number of rotatable bonds is 8. The molecule has 0 saturated carbocycles. The first kappa shape index (κ1) is 13.3. The van der Waals surface area contributed by atoms with Gasteiger partial charge in [0.2, 0.25) is 0 Å². The molecule has 16 heavy (non-hydrogen) atoms. The summed E-state index contributed by atoms with van der Waals surface area (Å²) in [6, 6.07) is 4.21. The highest BCUT2D eigenvalue weighted by Gasteiger charge is 2.20. The van der Waals surface area contributed by atoms with Gasteiger partial charge in [-0.05, 0) is 45.1 Å². The van der Waals surface area contributed by atoms with Crippen LogP contribution in [0.5, 0.6) is 0 Å². The Morgan fingerprint density at radius 1 is 1.25 bits per heavy atom. The van der Waals surface area contributed by atoms with Crippen LogP contribution in [0.4, 0.5) is 0 Å². The van der Waals surface area contributed by atoms with Gasteiger partial charge in [0.15, 0.2) is 0 Å². The molecule has 0 aliphatic heterocycles. The fourth-order valence-corrected chi connectivity index (χ4v) is 1.80. The van der Waals surface area contributed by atoms with Crippen LogP contribution in [-0.4, -0.2) is 31.7 Å². The maximum Gasteiger partial charge on any atom is 0.0217 e. The monoisotopic (exact) mass is 223 g/mol. The zero-order chi connectivity index (χ0) is 11.9. The molecule has 0 spiro atoms. The zero-order valence-electron chi connectivity index (χ0n) is 10.8. The molecule has 3 N–H and O–H groups in total. The van der Waals surface area contributed by atoms with Gasteiger partial charge in [-0.3, -0.25) is 0 Å². The van der Waals surface area contributed by atoms with Crippen LogP contribution < -0.4 is 10.6 Å². The van der Waals surface area contributed by atoms with E-state index >= 15 is 0 Å². The molecule has 0 bridgehead atoms. The molecule has 0 unspecified atom stereocenters. The Balaban J connectivity index is 2.17. The minimum Gasteiger partial charge on any atom is -0.365 e. The second-order valence-corrected chi connectivity index (χ2v) is 4.96. The molecule has 1 aromatic rings. The van der Waals surface area contributed by atoms with Crippen LogP contribution in [-0.2, 0) is 5.41 Å². The molecule has 0 radical (unpaired) electrons. The molecule has 0 aromatic carbocycles. The van der Waals surface area contributed by atoms with E-state index in [1.165, 1.54) is 18.5 Å². The van der Waals surface area contributed by atoms with E-state index in [1.54, 1.807) is 0 Å². The Bertz CT molecular complexity index is 265. The van der Waals surface area contributed by atoms with Gasteiger partial charge in [0, 0.05) is 23.9 Å². The van der Waals surface area contributed by atoms with Crippen molar-refractivity contribution in [2.75, 3.05) is 26.7 Å². The predicted octanol–water partition coefficient (Wildman–Crippen LogP) is 1.88. The molecule has 0 aliphatic rings. The normalized spacial score (nSPS) is 11.9. The first-order valence-corrected chi connectivity index (χ1v) is 6.16. The van der Waals surface area contributed by atoms with Gasteiger partial charge < -0.3 is 15.6 Å². The SMILES string of the molecule is CNCCCCNCC(C)(C)c1ccc[nH]1. The topological polar surface area (TPSA) is 39.8 Å². The lowest BCUT2D eigenvalue weighted by Gasteiger charge is -2.24. The number of hydrogen-bond acceptors (Lipinski definition) is 2. The van der Waals surface area contributed by atoms with Gasteiger partial charge in [-0.25, -0.2) is 0 Å². The standard InChI is InChI=1S/C13H25N3/c1-13(2,12-7-6-10-16-12)11-15-9-5-4-8-14-3/h6-7,10,14-16H,4-5,8-9,11H2,1-3H3. The van der Waals surface area contributed by atoms with Crippen LogP contribution in [0, 0.1) is 0 Å². The van der Waals surface area contributed by atoms with Gasteiger partial charge in [-0.1, -0.05) is 13.8 Å². The molecule has 1 rings (SSSR count). The molecule has 1 aromatic heterocycles. The summed E-state index contributed by atoms with van der Waals surface area (Å²) in [4.78, 5) is 3.29. The maximum atomic E-state index is 3.53. The summed E-state index contributed by atoms with van der Waals surface area (Å²) in [6.07, 6.45) is 4.47. The number of H-pyrrole nitrogens is 1. The first-order chi connectivity index (χ1) is 7.67. The summed E-state index contributed by atoms with van der Waals surface area (Å²) in [6.45, 7) is 7.76. The van der Waals surface area contributed by atoms with Gasteiger partial charge in [0.05, 0.1) is 0 Å². The van der Waals surface area contributed by atoms with E-state index in [-0.39, 0.29) is 5.41 Å². The zero-order valence-corrected chi connectivity index (χ0v) is 10.8. The molecule has 0 saturated heterocycles. The summed E-state index contributed by atoms with van der Waals surface area (Å²) >= 11 is 0. The second kappa shape index (κ2) is 6.71. The molecule has 92 valence electrons. The third kappa shape index (κ3) is 4.37. The third-order valence-electron chi connectivity index (χ3n) is 2.92. The molecule has 3 nitrogen and oxygen atoms in total. The van der Waals surface area contributed by atoms with E-state index in [4.69, 9.17) is 0 Å². The molecular formula is C13H25N3. The number of hydrogen-bond donors (Lipinski definition) is 3. The van der Waals surface area contributed by atoms with E-state index < -0.39 is 0 Å². The van der Waals surface area contributed by atoms with Gasteiger partial charge >= 0.3 is 0 Å². The van der Waals surface area contributed by atoms with Crippen LogP contribution in [0.15, 0.2) is 18.3 Å². The van der Waals surface area contributed by atoms with Gasteiger partial charge in [0.1, 0.15) is 0 Å². The minimum atomic E-state index is 0.187. The maximum absolute atomic E-state index is 3.53. The van der Waals surface area contributed by atoms with Crippen molar-refractivity contribution in [2.45, 2.75) is 32.1 Å². The van der Waals surface area contributed by atoms with Gasteiger partial charge in [0.25, 0.3) is 0 Å². The van der Waals surface area contributed by atoms with Crippen molar-refractivity contribution >= 4 is 0 Å². The third-order valence-corrected chi connectivity index (χ3v) is 2.92. The number of unbranched alkanes of at least 4 members (excludes halogenated alkanes) is 1. The Kier molecular flexibility index (Phi) is 5.56. The Morgan fingerprint density at radius 2 is 2.00 bits per heavy atom. The fraction of sp³-hybridized carbons (Fsp3) is 0.692. The van der Waals surface area contributed by atoms with E-state index in [0.29, 0.717) is 0 Å². The molecule has 3 heteroatoms. The van der Waals surface area contributed by atoms with Crippen molar-refractivity contribution in [3.8, 4) is 0 Å². The van der Waals surface area contributed by atoms with Gasteiger partial charge in [-0.15, -0.1) is 0 Å². The van der Waals surface area contributed by atoms with Gasteiger partial charge in [-0.2, -0.15) is 0 Å². The highest BCUT2D eigenvalue weighted by Crippen LogP contribution is 2.19. The van der Waals surface area contributed by atoms with Crippen LogP contribution in [0.3, 0.4) is 0 Å². The van der Waals surface area contributed by atoms with Crippen LogP contribution >= 0.6 is 0 Å². The quantitative estimate of drug-likeness (QED) is 0.589. The summed E-state index contributed by atoms with van der Waals surface area (Å²) in [5.74, 6) is 0.